The van der Waals surface area contributed by atoms with Gasteiger partial charge in [0, 0.05) is 11.3 Å². The highest BCUT2D eigenvalue weighted by atomic mass is 16.5. The Balaban J connectivity index is 1.58. The molecule has 2 aromatic heterocycles. The van der Waals surface area contributed by atoms with Crippen molar-refractivity contribution in [2.45, 2.75) is 26.9 Å². The molecule has 0 saturated heterocycles. The van der Waals surface area contributed by atoms with Crippen molar-refractivity contribution in [3.05, 3.63) is 71.4 Å². The second-order valence-corrected chi connectivity index (χ2v) is 7.63. The van der Waals surface area contributed by atoms with Crippen LogP contribution in [0.3, 0.4) is 0 Å². The normalized spacial score (nSPS) is 11.8. The number of carbonyl (C=O) groups is 2. The molecule has 8 heteroatoms. The minimum Gasteiger partial charge on any atom is -0.497 e. The van der Waals surface area contributed by atoms with Crippen molar-refractivity contribution in [1.82, 2.24) is 10.1 Å². The fraction of sp³-hybridized carbons (Fsp3) is 0.200. The van der Waals surface area contributed by atoms with E-state index in [4.69, 9.17) is 14.0 Å². The van der Waals surface area contributed by atoms with Crippen LogP contribution in [0.25, 0.3) is 22.4 Å². The first-order valence-corrected chi connectivity index (χ1v) is 10.4. The summed E-state index contributed by atoms with van der Waals surface area (Å²) in [5, 5.41) is 7.12. The van der Waals surface area contributed by atoms with E-state index in [0.29, 0.717) is 28.2 Å². The average Bonchev–Trinajstić information content (AvgIpc) is 3.20. The molecule has 1 N–H and O–H groups in total. The number of carbonyl (C=O) groups excluding carboxylic acids is 2. The molecule has 1 unspecified atom stereocenters. The first-order valence-electron chi connectivity index (χ1n) is 10.4. The smallest absolute Gasteiger partial charge is 0.339 e. The highest BCUT2D eigenvalue weighted by Gasteiger charge is 2.24. The number of hydrogen-bond donors (Lipinski definition) is 1. The molecule has 0 radical (unpaired) electrons. The Labute approximate surface area is 190 Å². The lowest BCUT2D eigenvalue weighted by molar-refractivity contribution is -0.123. The van der Waals surface area contributed by atoms with Crippen LogP contribution >= 0.6 is 0 Å². The number of esters is 1. The zero-order valence-corrected chi connectivity index (χ0v) is 18.7. The second-order valence-electron chi connectivity index (χ2n) is 7.63. The van der Waals surface area contributed by atoms with Gasteiger partial charge in [-0.2, -0.15) is 0 Å². The summed E-state index contributed by atoms with van der Waals surface area (Å²) in [4.78, 5) is 30.1. The van der Waals surface area contributed by atoms with Crippen LogP contribution in [0, 0.1) is 13.8 Å². The molecule has 4 aromatic rings. The predicted octanol–water partition coefficient (Wildman–Crippen LogP) is 4.70. The number of anilines is 1. The van der Waals surface area contributed by atoms with Crippen molar-refractivity contribution in [3.8, 4) is 17.0 Å². The maximum Gasteiger partial charge on any atom is 0.339 e. The van der Waals surface area contributed by atoms with Crippen LogP contribution < -0.4 is 10.1 Å². The first kappa shape index (κ1) is 22.0. The number of ether oxygens (including phenoxy) is 2. The van der Waals surface area contributed by atoms with Crippen LogP contribution in [0.4, 0.5) is 5.69 Å². The Kier molecular flexibility index (Phi) is 6.08. The van der Waals surface area contributed by atoms with Crippen LogP contribution in [-0.4, -0.2) is 35.2 Å². The zero-order valence-electron chi connectivity index (χ0n) is 18.7. The number of nitrogens with one attached hydrogen (secondary N) is 1. The van der Waals surface area contributed by atoms with Crippen LogP contribution in [-0.2, 0) is 9.53 Å². The van der Waals surface area contributed by atoms with Gasteiger partial charge >= 0.3 is 5.97 Å². The molecule has 0 saturated carbocycles. The summed E-state index contributed by atoms with van der Waals surface area (Å²) in [7, 11) is 1.56. The number of nitrogens with zero attached hydrogens (tertiary/aromatic N) is 2. The van der Waals surface area contributed by atoms with Crippen molar-refractivity contribution >= 4 is 28.7 Å². The Morgan fingerprint density at radius 1 is 1.03 bits per heavy atom. The van der Waals surface area contributed by atoms with Gasteiger partial charge in [0.15, 0.2) is 6.10 Å². The maximum absolute atomic E-state index is 13.1. The Hall–Kier alpha value is -4.20. The molecule has 0 fully saturated rings. The van der Waals surface area contributed by atoms with E-state index in [9.17, 15) is 9.59 Å². The molecule has 33 heavy (non-hydrogen) atoms. The van der Waals surface area contributed by atoms with Gasteiger partial charge in [0.2, 0.25) is 0 Å². The van der Waals surface area contributed by atoms with Crippen LogP contribution in [0.2, 0.25) is 0 Å². The first-order chi connectivity index (χ1) is 15.9. The molecule has 0 aliphatic heterocycles. The number of amides is 1. The lowest BCUT2D eigenvalue weighted by Gasteiger charge is -2.14. The molecule has 4 rings (SSSR count). The minimum absolute atomic E-state index is 0.230. The van der Waals surface area contributed by atoms with Crippen LogP contribution in [0.1, 0.15) is 28.5 Å². The summed E-state index contributed by atoms with van der Waals surface area (Å²) in [5.41, 5.74) is 4.00. The average molecular weight is 445 g/mol. The molecule has 168 valence electrons. The van der Waals surface area contributed by atoms with Gasteiger partial charge in [-0.15, -0.1) is 0 Å². The van der Waals surface area contributed by atoms with E-state index in [2.05, 4.69) is 15.5 Å². The van der Waals surface area contributed by atoms with E-state index in [0.717, 1.165) is 11.1 Å². The van der Waals surface area contributed by atoms with Gasteiger partial charge in [-0.1, -0.05) is 35.0 Å². The Morgan fingerprint density at radius 2 is 1.73 bits per heavy atom. The van der Waals surface area contributed by atoms with E-state index >= 15 is 0 Å². The third kappa shape index (κ3) is 4.69. The number of methoxy groups -OCH3 is 1. The fourth-order valence-electron chi connectivity index (χ4n) is 3.32. The maximum atomic E-state index is 13.1. The summed E-state index contributed by atoms with van der Waals surface area (Å²) in [6, 6.07) is 16.2. The number of aromatic nitrogens is 2. The van der Waals surface area contributed by atoms with Crippen molar-refractivity contribution in [2.24, 2.45) is 0 Å². The van der Waals surface area contributed by atoms with Crippen molar-refractivity contribution in [3.63, 3.8) is 0 Å². The molecule has 2 heterocycles. The van der Waals surface area contributed by atoms with Gasteiger partial charge in [-0.25, -0.2) is 9.78 Å². The van der Waals surface area contributed by atoms with E-state index in [-0.39, 0.29) is 11.3 Å². The second kappa shape index (κ2) is 9.12. The van der Waals surface area contributed by atoms with Crippen LogP contribution in [0.5, 0.6) is 5.75 Å². The molecule has 0 aliphatic carbocycles. The van der Waals surface area contributed by atoms with E-state index in [1.165, 1.54) is 6.92 Å². The topological polar surface area (TPSA) is 104 Å². The van der Waals surface area contributed by atoms with Gasteiger partial charge in [0.05, 0.1) is 29.4 Å². The summed E-state index contributed by atoms with van der Waals surface area (Å²) < 4.78 is 15.9. The highest BCUT2D eigenvalue weighted by Crippen LogP contribution is 2.28. The number of hydrogen-bond acceptors (Lipinski definition) is 7. The van der Waals surface area contributed by atoms with Crippen molar-refractivity contribution in [2.75, 3.05) is 12.4 Å². The number of rotatable bonds is 6. The number of pyridine rings is 1. The summed E-state index contributed by atoms with van der Waals surface area (Å²) in [5.74, 6) is -0.457. The molecule has 8 nitrogen and oxygen atoms in total. The third-order valence-corrected chi connectivity index (χ3v) is 5.19. The Bertz CT molecular complexity index is 1310. The lowest BCUT2D eigenvalue weighted by Crippen LogP contribution is -2.30. The fourth-order valence-corrected chi connectivity index (χ4v) is 3.32. The monoisotopic (exact) mass is 445 g/mol. The number of aryl methyl sites for hydroxylation is 2. The lowest BCUT2D eigenvalue weighted by atomic mass is 10.0. The van der Waals surface area contributed by atoms with Gasteiger partial charge in [-0.3, -0.25) is 4.79 Å². The SMILES string of the molecule is COc1ccc(NC(=O)C(C)OC(=O)c2cc(-c3ccc(C)cc3)nc3onc(C)c23)cc1. The van der Waals surface area contributed by atoms with Crippen LogP contribution in [0.15, 0.2) is 59.1 Å². The summed E-state index contributed by atoms with van der Waals surface area (Å²) >= 11 is 0. The van der Waals surface area contributed by atoms with Gasteiger partial charge in [0.25, 0.3) is 11.6 Å². The highest BCUT2D eigenvalue weighted by molar-refractivity contribution is 6.05. The van der Waals surface area contributed by atoms with Crippen molar-refractivity contribution in [1.29, 1.82) is 0 Å². The largest absolute Gasteiger partial charge is 0.497 e. The molecular weight excluding hydrogens is 422 g/mol. The Morgan fingerprint density at radius 3 is 2.39 bits per heavy atom. The molecule has 0 bridgehead atoms. The molecule has 0 aliphatic rings. The van der Waals surface area contributed by atoms with Gasteiger partial charge < -0.3 is 19.3 Å². The number of fused-ring (bicyclic) bond motifs is 1. The minimum atomic E-state index is -1.04. The number of benzene rings is 2. The van der Waals surface area contributed by atoms with E-state index in [1.54, 1.807) is 44.4 Å². The standard InChI is InChI=1S/C25H23N3O5/c1-14-5-7-17(8-6-14)21-13-20(22-15(2)28-33-24(22)27-21)25(30)32-16(3)23(29)26-18-9-11-19(31-4)12-10-18/h5-13,16H,1-4H3,(H,26,29). The summed E-state index contributed by atoms with van der Waals surface area (Å²) in [6.45, 7) is 5.22. The van der Waals surface area contributed by atoms with E-state index < -0.39 is 18.0 Å². The quantitative estimate of drug-likeness (QED) is 0.429. The van der Waals surface area contributed by atoms with Crippen molar-refractivity contribution < 1.29 is 23.6 Å². The van der Waals surface area contributed by atoms with Gasteiger partial charge in [0.1, 0.15) is 5.75 Å². The zero-order chi connectivity index (χ0) is 23.5. The summed E-state index contributed by atoms with van der Waals surface area (Å²) in [6.07, 6.45) is -1.04. The molecule has 0 spiro atoms. The molecular formula is C25H23N3O5. The third-order valence-electron chi connectivity index (χ3n) is 5.19. The molecule has 2 aromatic carbocycles. The van der Waals surface area contributed by atoms with Gasteiger partial charge in [-0.05, 0) is 51.1 Å². The predicted molar refractivity (Wildman–Crippen MR) is 123 cm³/mol. The van der Waals surface area contributed by atoms with E-state index in [1.807, 2.05) is 31.2 Å². The molecule has 1 atom stereocenters. The molecule has 1 amide bonds.